The molecule has 0 saturated heterocycles. The van der Waals surface area contributed by atoms with E-state index in [9.17, 15) is 4.79 Å². The summed E-state index contributed by atoms with van der Waals surface area (Å²) in [6.07, 6.45) is 5.55. The van der Waals surface area contributed by atoms with Crippen LogP contribution in [-0.2, 0) is 11.2 Å². The smallest absolute Gasteiger partial charge is 0.261 e. The Bertz CT molecular complexity index is 937. The van der Waals surface area contributed by atoms with Crippen molar-refractivity contribution in [1.29, 1.82) is 0 Å². The molecule has 3 aromatic heterocycles. The van der Waals surface area contributed by atoms with E-state index >= 15 is 0 Å². The minimum absolute atomic E-state index is 0.0729. The van der Waals surface area contributed by atoms with Crippen LogP contribution in [0.15, 0.2) is 53.7 Å². The van der Waals surface area contributed by atoms with Gasteiger partial charge in [0.15, 0.2) is 0 Å². The third kappa shape index (κ3) is 3.44. The lowest BCUT2D eigenvalue weighted by Gasteiger charge is -2.04. The maximum Gasteiger partial charge on any atom is 0.261 e. The van der Waals surface area contributed by atoms with E-state index in [4.69, 9.17) is 4.74 Å². The molecular formula is C18H15N3O2. The Labute approximate surface area is 133 Å². The Hall–Kier alpha value is -2.97. The van der Waals surface area contributed by atoms with Gasteiger partial charge in [-0.05, 0) is 30.2 Å². The molecule has 0 unspecified atom stereocenters. The number of rotatable bonds is 3. The van der Waals surface area contributed by atoms with Crippen molar-refractivity contribution in [3.63, 3.8) is 0 Å². The van der Waals surface area contributed by atoms with Crippen LogP contribution in [0.2, 0.25) is 0 Å². The lowest BCUT2D eigenvalue weighted by molar-refractivity contribution is 0.202. The van der Waals surface area contributed by atoms with Crippen molar-refractivity contribution in [3.8, 4) is 11.8 Å². The summed E-state index contributed by atoms with van der Waals surface area (Å²) in [5.74, 6) is 6.02. The van der Waals surface area contributed by atoms with Crippen LogP contribution < -0.4 is 5.56 Å². The van der Waals surface area contributed by atoms with E-state index in [1.165, 1.54) is 4.40 Å². The minimum Gasteiger partial charge on any atom is -0.384 e. The molecule has 3 aromatic rings. The molecular weight excluding hydrogens is 290 g/mol. The van der Waals surface area contributed by atoms with Crippen LogP contribution in [0.4, 0.5) is 0 Å². The summed E-state index contributed by atoms with van der Waals surface area (Å²) in [5, 5.41) is 0. The van der Waals surface area contributed by atoms with Gasteiger partial charge in [-0.1, -0.05) is 12.0 Å². The quantitative estimate of drug-likeness (QED) is 0.691. The Balaban J connectivity index is 1.94. The number of pyridine rings is 2. The minimum atomic E-state index is -0.0729. The van der Waals surface area contributed by atoms with E-state index in [-0.39, 0.29) is 5.56 Å². The Morgan fingerprint density at radius 1 is 1.22 bits per heavy atom. The first kappa shape index (κ1) is 14.9. The average Bonchev–Trinajstić information content (AvgIpc) is 2.60. The second-order valence-electron chi connectivity index (χ2n) is 4.94. The van der Waals surface area contributed by atoms with Crippen LogP contribution in [0, 0.1) is 11.8 Å². The van der Waals surface area contributed by atoms with Crippen molar-refractivity contribution in [3.05, 3.63) is 76.1 Å². The van der Waals surface area contributed by atoms with E-state index in [1.54, 1.807) is 37.8 Å². The summed E-state index contributed by atoms with van der Waals surface area (Å²) in [7, 11) is 1.61. The maximum absolute atomic E-state index is 12.3. The first-order valence-corrected chi connectivity index (χ1v) is 7.20. The van der Waals surface area contributed by atoms with Gasteiger partial charge in [-0.3, -0.25) is 9.20 Å². The number of hydrogen-bond acceptors (Lipinski definition) is 4. The highest BCUT2D eigenvalue weighted by Crippen LogP contribution is 2.04. The zero-order valence-corrected chi connectivity index (χ0v) is 12.7. The number of fused-ring (bicyclic) bond motifs is 1. The first-order chi connectivity index (χ1) is 11.3. The molecule has 3 heterocycles. The molecule has 0 N–H and O–H groups in total. The molecule has 114 valence electrons. The fraction of sp³-hybridized carbons (Fsp3) is 0.167. The van der Waals surface area contributed by atoms with E-state index in [0.717, 1.165) is 5.56 Å². The second kappa shape index (κ2) is 6.86. The summed E-state index contributed by atoms with van der Waals surface area (Å²) in [6, 6.07) is 9.17. The van der Waals surface area contributed by atoms with Gasteiger partial charge in [-0.15, -0.1) is 0 Å². The van der Waals surface area contributed by atoms with Crippen LogP contribution >= 0.6 is 0 Å². The highest BCUT2D eigenvalue weighted by atomic mass is 16.5. The monoisotopic (exact) mass is 305 g/mol. The number of aromatic nitrogens is 3. The summed E-state index contributed by atoms with van der Waals surface area (Å²) in [5.41, 5.74) is 2.62. The number of hydrogen-bond donors (Lipinski definition) is 0. The first-order valence-electron chi connectivity index (χ1n) is 7.20. The van der Waals surface area contributed by atoms with Gasteiger partial charge in [-0.25, -0.2) is 9.97 Å². The van der Waals surface area contributed by atoms with Crippen molar-refractivity contribution in [1.82, 2.24) is 14.4 Å². The third-order valence-corrected chi connectivity index (χ3v) is 3.36. The summed E-state index contributed by atoms with van der Waals surface area (Å²) in [6.45, 7) is 0.497. The van der Waals surface area contributed by atoms with E-state index in [0.29, 0.717) is 29.9 Å². The number of nitrogens with zero attached hydrogens (tertiary/aromatic N) is 3. The van der Waals surface area contributed by atoms with Crippen molar-refractivity contribution < 1.29 is 4.74 Å². The highest BCUT2D eigenvalue weighted by Gasteiger charge is 2.04. The molecule has 0 radical (unpaired) electrons. The zero-order chi connectivity index (χ0) is 16.1. The van der Waals surface area contributed by atoms with Crippen LogP contribution in [0.5, 0.6) is 0 Å². The van der Waals surface area contributed by atoms with Gasteiger partial charge in [0.25, 0.3) is 5.56 Å². The van der Waals surface area contributed by atoms with E-state index < -0.39 is 0 Å². The molecule has 0 fully saturated rings. The Kier molecular flexibility index (Phi) is 4.46. The van der Waals surface area contributed by atoms with Gasteiger partial charge in [0.1, 0.15) is 11.3 Å². The number of methoxy groups -OCH3 is 1. The Morgan fingerprint density at radius 2 is 2.13 bits per heavy atom. The van der Waals surface area contributed by atoms with Crippen LogP contribution in [0.3, 0.4) is 0 Å². The molecule has 0 aliphatic rings. The lowest BCUT2D eigenvalue weighted by Crippen LogP contribution is -2.20. The van der Waals surface area contributed by atoms with Crippen molar-refractivity contribution >= 4 is 5.65 Å². The molecule has 0 aliphatic carbocycles. The van der Waals surface area contributed by atoms with Gasteiger partial charge in [0.05, 0.1) is 6.61 Å². The van der Waals surface area contributed by atoms with Crippen LogP contribution in [-0.4, -0.2) is 28.1 Å². The standard InChI is InChI=1S/C18H15N3O2/c1-23-11-8-15-13-20-17-12-14(7-10-21(17)18(15)22)5-6-16-4-2-3-9-19-16/h2-4,7,9-10,12-13H,8,11H2,1H3. The molecule has 0 aromatic carbocycles. The van der Waals surface area contributed by atoms with Crippen molar-refractivity contribution in [2.24, 2.45) is 0 Å². The maximum atomic E-state index is 12.3. The number of ether oxygens (including phenoxy) is 1. The zero-order valence-electron chi connectivity index (χ0n) is 12.7. The lowest BCUT2D eigenvalue weighted by atomic mass is 10.2. The Morgan fingerprint density at radius 3 is 2.91 bits per heavy atom. The van der Waals surface area contributed by atoms with Gasteiger partial charge in [0.2, 0.25) is 0 Å². The van der Waals surface area contributed by atoms with Gasteiger partial charge >= 0.3 is 0 Å². The SMILES string of the molecule is COCCc1cnc2cc(C#Cc3ccccn3)ccn2c1=O. The molecule has 3 rings (SSSR count). The average molecular weight is 305 g/mol. The molecule has 0 saturated carbocycles. The largest absolute Gasteiger partial charge is 0.384 e. The van der Waals surface area contributed by atoms with Crippen molar-refractivity contribution in [2.75, 3.05) is 13.7 Å². The molecule has 0 spiro atoms. The third-order valence-electron chi connectivity index (χ3n) is 3.36. The predicted octanol–water partition coefficient (Wildman–Crippen LogP) is 1.68. The topological polar surface area (TPSA) is 56.5 Å². The molecule has 0 amide bonds. The molecule has 23 heavy (non-hydrogen) atoms. The molecule has 5 nitrogen and oxygen atoms in total. The molecule has 0 aliphatic heterocycles. The van der Waals surface area contributed by atoms with E-state index in [2.05, 4.69) is 21.8 Å². The fourth-order valence-electron chi connectivity index (χ4n) is 2.15. The summed E-state index contributed by atoms with van der Waals surface area (Å²) < 4.78 is 6.53. The normalized spacial score (nSPS) is 10.3. The van der Waals surface area contributed by atoms with Crippen LogP contribution in [0.25, 0.3) is 5.65 Å². The molecule has 0 bridgehead atoms. The predicted molar refractivity (Wildman–Crippen MR) is 87.3 cm³/mol. The van der Waals surface area contributed by atoms with Gasteiger partial charge in [-0.2, -0.15) is 0 Å². The highest BCUT2D eigenvalue weighted by molar-refractivity contribution is 5.49. The molecule has 0 atom stereocenters. The van der Waals surface area contributed by atoms with Crippen LogP contribution in [0.1, 0.15) is 16.8 Å². The second-order valence-corrected chi connectivity index (χ2v) is 4.94. The summed E-state index contributed by atoms with van der Waals surface area (Å²) in [4.78, 5) is 20.8. The van der Waals surface area contributed by atoms with E-state index in [1.807, 2.05) is 18.2 Å². The molecule has 5 heteroatoms. The summed E-state index contributed by atoms with van der Waals surface area (Å²) >= 11 is 0. The van der Waals surface area contributed by atoms with Crippen molar-refractivity contribution in [2.45, 2.75) is 6.42 Å². The van der Waals surface area contributed by atoms with Gasteiger partial charge in [0, 0.05) is 43.2 Å². The fourth-order valence-corrected chi connectivity index (χ4v) is 2.15. The van der Waals surface area contributed by atoms with Gasteiger partial charge < -0.3 is 4.74 Å².